The first-order chi connectivity index (χ1) is 17.0. The Morgan fingerprint density at radius 2 is 2.00 bits per heavy atom. The summed E-state index contributed by atoms with van der Waals surface area (Å²) in [5.74, 6) is 0.500. The van der Waals surface area contributed by atoms with E-state index in [-0.39, 0.29) is 11.6 Å². The predicted molar refractivity (Wildman–Crippen MR) is 145 cm³/mol. The maximum atomic E-state index is 13.0. The molecule has 0 unspecified atom stereocenters. The van der Waals surface area contributed by atoms with Crippen LogP contribution in [0.15, 0.2) is 82.4 Å². The molecule has 0 saturated carbocycles. The lowest BCUT2D eigenvalue weighted by atomic mass is 10.0. The van der Waals surface area contributed by atoms with Crippen LogP contribution >= 0.6 is 22.9 Å². The second kappa shape index (κ2) is 9.94. The first-order valence-electron chi connectivity index (χ1n) is 11.3. The van der Waals surface area contributed by atoms with Crippen molar-refractivity contribution in [2.75, 3.05) is 5.32 Å². The fourth-order valence-corrected chi connectivity index (χ4v) is 5.20. The van der Waals surface area contributed by atoms with E-state index in [1.807, 2.05) is 55.5 Å². The standard InChI is InChI=1S/C28H24ClN3O2S/c1-17-15-35-16-24(17)19-6-5-8-21(12-19)31-18(2)23-13-20-9-10-25(26(29)27(20)32-28(23)33)34-14-22-7-3-4-11-30-22/h3-13,15-16,18,31H,14H2,1-2H3,(H,32,33)/t18-/m0/s1. The smallest absolute Gasteiger partial charge is 0.253 e. The Balaban J connectivity index is 1.38. The molecule has 35 heavy (non-hydrogen) atoms. The second-order valence-corrected chi connectivity index (χ2v) is 9.54. The number of H-pyrrole nitrogens is 1. The van der Waals surface area contributed by atoms with E-state index in [0.29, 0.717) is 28.5 Å². The Bertz CT molecular complexity index is 1550. The molecule has 0 aliphatic carbocycles. The van der Waals surface area contributed by atoms with Crippen molar-refractivity contribution < 1.29 is 4.74 Å². The Kier molecular flexibility index (Phi) is 6.57. The number of ether oxygens (including phenoxy) is 1. The largest absolute Gasteiger partial charge is 0.486 e. The molecule has 5 aromatic rings. The minimum atomic E-state index is -0.208. The van der Waals surface area contributed by atoms with Crippen molar-refractivity contribution >= 4 is 39.5 Å². The van der Waals surface area contributed by atoms with Crippen LogP contribution in [-0.2, 0) is 6.61 Å². The van der Waals surface area contributed by atoms with E-state index in [2.05, 4.69) is 45.1 Å². The van der Waals surface area contributed by atoms with Gasteiger partial charge < -0.3 is 15.0 Å². The summed E-state index contributed by atoms with van der Waals surface area (Å²) in [4.78, 5) is 20.2. The van der Waals surface area contributed by atoms with Gasteiger partial charge in [-0.05, 0) is 83.8 Å². The Labute approximate surface area is 212 Å². The van der Waals surface area contributed by atoms with Gasteiger partial charge in [0.15, 0.2) is 0 Å². The summed E-state index contributed by atoms with van der Waals surface area (Å²) in [6.07, 6.45) is 1.72. The molecule has 0 saturated heterocycles. The molecule has 1 atom stereocenters. The molecule has 0 amide bonds. The lowest BCUT2D eigenvalue weighted by molar-refractivity contribution is 0.302. The monoisotopic (exact) mass is 501 g/mol. The minimum absolute atomic E-state index is 0.189. The van der Waals surface area contributed by atoms with Crippen LogP contribution in [0.25, 0.3) is 22.0 Å². The Morgan fingerprint density at radius 3 is 2.77 bits per heavy atom. The number of nitrogens with zero attached hydrogens (tertiary/aromatic N) is 1. The van der Waals surface area contributed by atoms with Crippen molar-refractivity contribution in [1.29, 1.82) is 0 Å². The van der Waals surface area contributed by atoms with Crippen molar-refractivity contribution in [3.05, 3.63) is 110 Å². The summed E-state index contributed by atoms with van der Waals surface area (Å²) in [7, 11) is 0. The molecular formula is C28H24ClN3O2S. The molecule has 3 aromatic heterocycles. The molecule has 0 fully saturated rings. The van der Waals surface area contributed by atoms with Crippen LogP contribution in [0.5, 0.6) is 5.75 Å². The van der Waals surface area contributed by atoms with Gasteiger partial charge in [0.25, 0.3) is 5.56 Å². The predicted octanol–water partition coefficient (Wildman–Crippen LogP) is 7.37. The Morgan fingerprint density at radius 1 is 1.11 bits per heavy atom. The molecule has 0 bridgehead atoms. The second-order valence-electron chi connectivity index (χ2n) is 8.42. The van der Waals surface area contributed by atoms with Gasteiger partial charge in [0.2, 0.25) is 0 Å². The van der Waals surface area contributed by atoms with E-state index >= 15 is 0 Å². The van der Waals surface area contributed by atoms with Gasteiger partial charge >= 0.3 is 0 Å². The van der Waals surface area contributed by atoms with Crippen LogP contribution < -0.4 is 15.6 Å². The summed E-state index contributed by atoms with van der Waals surface area (Å²) in [6.45, 7) is 4.38. The van der Waals surface area contributed by atoms with E-state index in [1.54, 1.807) is 17.5 Å². The van der Waals surface area contributed by atoms with Crippen molar-refractivity contribution in [1.82, 2.24) is 9.97 Å². The number of anilines is 1. The highest BCUT2D eigenvalue weighted by molar-refractivity contribution is 7.08. The summed E-state index contributed by atoms with van der Waals surface area (Å²) < 4.78 is 5.85. The number of benzene rings is 2. The lowest BCUT2D eigenvalue weighted by Gasteiger charge is -2.17. The number of hydrogen-bond donors (Lipinski definition) is 2. The fourth-order valence-electron chi connectivity index (χ4n) is 4.07. The topological polar surface area (TPSA) is 67.0 Å². The normalized spacial score (nSPS) is 12.0. The summed E-state index contributed by atoms with van der Waals surface area (Å²) in [6, 6.07) is 19.3. The molecule has 2 aromatic carbocycles. The third kappa shape index (κ3) is 4.94. The van der Waals surface area contributed by atoms with E-state index in [4.69, 9.17) is 16.3 Å². The van der Waals surface area contributed by atoms with E-state index in [9.17, 15) is 4.79 Å². The van der Waals surface area contributed by atoms with Crippen LogP contribution in [0.1, 0.15) is 29.8 Å². The third-order valence-electron chi connectivity index (χ3n) is 5.93. The molecule has 7 heteroatoms. The molecule has 176 valence electrons. The maximum Gasteiger partial charge on any atom is 0.253 e. The minimum Gasteiger partial charge on any atom is -0.486 e. The number of aromatic amines is 1. The first kappa shape index (κ1) is 23.1. The highest BCUT2D eigenvalue weighted by Crippen LogP contribution is 2.33. The number of thiophene rings is 1. The van der Waals surface area contributed by atoms with E-state index < -0.39 is 0 Å². The molecule has 0 radical (unpaired) electrons. The van der Waals surface area contributed by atoms with Gasteiger partial charge in [-0.15, -0.1) is 0 Å². The molecule has 0 spiro atoms. The fraction of sp³-hybridized carbons (Fsp3) is 0.143. The molecule has 0 aliphatic rings. The molecule has 5 nitrogen and oxygen atoms in total. The quantitative estimate of drug-likeness (QED) is 0.244. The van der Waals surface area contributed by atoms with Gasteiger partial charge in [-0.1, -0.05) is 29.8 Å². The van der Waals surface area contributed by atoms with Gasteiger partial charge in [-0.3, -0.25) is 9.78 Å². The average molecular weight is 502 g/mol. The molecule has 0 aliphatic heterocycles. The zero-order valence-electron chi connectivity index (χ0n) is 19.3. The van der Waals surface area contributed by atoms with Crippen LogP contribution in [0, 0.1) is 6.92 Å². The lowest BCUT2D eigenvalue weighted by Crippen LogP contribution is -2.19. The summed E-state index contributed by atoms with van der Waals surface area (Å²) in [5.41, 5.74) is 6.39. The number of nitrogens with one attached hydrogen (secondary N) is 2. The molecule has 3 heterocycles. The van der Waals surface area contributed by atoms with Crippen molar-refractivity contribution in [2.24, 2.45) is 0 Å². The van der Waals surface area contributed by atoms with Crippen LogP contribution in [0.2, 0.25) is 5.02 Å². The van der Waals surface area contributed by atoms with E-state index in [1.165, 1.54) is 11.1 Å². The molecular weight excluding hydrogens is 478 g/mol. The number of halogens is 1. The van der Waals surface area contributed by atoms with Gasteiger partial charge in [-0.2, -0.15) is 11.3 Å². The number of rotatable bonds is 7. The van der Waals surface area contributed by atoms with Crippen LogP contribution in [0.3, 0.4) is 0 Å². The Hall–Kier alpha value is -3.61. The van der Waals surface area contributed by atoms with Crippen molar-refractivity contribution in [2.45, 2.75) is 26.5 Å². The molecule has 2 N–H and O–H groups in total. The van der Waals surface area contributed by atoms with Gasteiger partial charge in [-0.25, -0.2) is 0 Å². The summed E-state index contributed by atoms with van der Waals surface area (Å²) >= 11 is 8.29. The summed E-state index contributed by atoms with van der Waals surface area (Å²) in [5, 5.41) is 8.99. The van der Waals surface area contributed by atoms with Crippen LogP contribution in [-0.4, -0.2) is 9.97 Å². The molecule has 5 rings (SSSR count). The van der Waals surface area contributed by atoms with E-state index in [0.717, 1.165) is 22.3 Å². The SMILES string of the molecule is Cc1cscc1-c1cccc(N[C@@H](C)c2cc3ccc(OCc4ccccn4)c(Cl)c3[nH]c2=O)c1. The van der Waals surface area contributed by atoms with Crippen molar-refractivity contribution in [3.63, 3.8) is 0 Å². The van der Waals surface area contributed by atoms with Gasteiger partial charge in [0.05, 0.1) is 17.3 Å². The highest BCUT2D eigenvalue weighted by Gasteiger charge is 2.15. The average Bonchev–Trinajstić information content (AvgIpc) is 3.30. The highest BCUT2D eigenvalue weighted by atomic mass is 35.5. The van der Waals surface area contributed by atoms with Crippen molar-refractivity contribution in [3.8, 4) is 16.9 Å². The maximum absolute atomic E-state index is 13.0. The number of aromatic nitrogens is 2. The zero-order chi connectivity index (χ0) is 24.4. The van der Waals surface area contributed by atoms with Gasteiger partial charge in [0, 0.05) is 22.8 Å². The number of hydrogen-bond acceptors (Lipinski definition) is 5. The zero-order valence-corrected chi connectivity index (χ0v) is 20.9. The number of pyridine rings is 2. The van der Waals surface area contributed by atoms with Gasteiger partial charge in [0.1, 0.15) is 17.4 Å². The third-order valence-corrected chi connectivity index (χ3v) is 7.17. The number of aryl methyl sites for hydroxylation is 1. The first-order valence-corrected chi connectivity index (χ1v) is 12.6. The van der Waals surface area contributed by atoms with Crippen LogP contribution in [0.4, 0.5) is 5.69 Å². The number of fused-ring (bicyclic) bond motifs is 1.